The Morgan fingerprint density at radius 2 is 2.30 bits per heavy atom. The molecule has 1 atom stereocenters. The van der Waals surface area contributed by atoms with Gasteiger partial charge in [0.15, 0.2) is 0 Å². The average molecular weight is 278 g/mol. The van der Waals surface area contributed by atoms with E-state index in [0.717, 1.165) is 17.7 Å². The zero-order valence-corrected chi connectivity index (χ0v) is 12.3. The van der Waals surface area contributed by atoms with Crippen molar-refractivity contribution in [2.75, 3.05) is 39.2 Å². The number of hydrogen-bond donors (Lipinski definition) is 2. The summed E-state index contributed by atoms with van der Waals surface area (Å²) < 4.78 is 10.9. The third-order valence-corrected chi connectivity index (χ3v) is 3.83. The molecule has 20 heavy (non-hydrogen) atoms. The van der Waals surface area contributed by atoms with E-state index in [1.165, 1.54) is 0 Å². The summed E-state index contributed by atoms with van der Waals surface area (Å²) in [6.45, 7) is 3.61. The van der Waals surface area contributed by atoms with E-state index in [-0.39, 0.29) is 11.5 Å². The Morgan fingerprint density at radius 3 is 2.85 bits per heavy atom. The van der Waals surface area contributed by atoms with Crippen LogP contribution in [0.3, 0.4) is 0 Å². The highest BCUT2D eigenvalue weighted by Crippen LogP contribution is 2.22. The van der Waals surface area contributed by atoms with Crippen molar-refractivity contribution in [2.24, 2.45) is 0 Å². The normalized spacial score (nSPS) is 21.8. The number of methoxy groups -OCH3 is 1. The molecule has 5 heteroatoms. The van der Waals surface area contributed by atoms with Gasteiger partial charge in [-0.25, -0.2) is 0 Å². The van der Waals surface area contributed by atoms with Gasteiger partial charge in [0.2, 0.25) is 0 Å². The summed E-state index contributed by atoms with van der Waals surface area (Å²) in [5, 5.41) is 6.00. The van der Waals surface area contributed by atoms with Crippen molar-refractivity contribution in [2.45, 2.75) is 18.9 Å². The van der Waals surface area contributed by atoms with Crippen molar-refractivity contribution in [3.8, 4) is 0 Å². The minimum atomic E-state index is -0.380. The van der Waals surface area contributed by atoms with Gasteiger partial charge in [-0.2, -0.15) is 0 Å². The molecule has 110 valence electrons. The maximum Gasteiger partial charge on any atom is 0.251 e. The standard InChI is InChI=1S/C15H22N2O3/c1-11-8-12(16-2)4-5-13(11)14(18)17-9-15(19-3)6-7-20-10-15/h4-5,8,16H,6-7,9-10H2,1-3H3,(H,17,18). The Morgan fingerprint density at radius 1 is 1.50 bits per heavy atom. The Kier molecular flexibility index (Phi) is 4.62. The predicted molar refractivity (Wildman–Crippen MR) is 78.2 cm³/mol. The third kappa shape index (κ3) is 3.11. The highest BCUT2D eigenvalue weighted by Gasteiger charge is 2.35. The molecule has 0 bridgehead atoms. The summed E-state index contributed by atoms with van der Waals surface area (Å²) in [5.41, 5.74) is 2.25. The minimum absolute atomic E-state index is 0.0755. The second kappa shape index (κ2) is 6.24. The van der Waals surface area contributed by atoms with Gasteiger partial charge in [0.1, 0.15) is 5.60 Å². The van der Waals surface area contributed by atoms with Gasteiger partial charge in [-0.3, -0.25) is 4.79 Å². The summed E-state index contributed by atoms with van der Waals surface area (Å²) in [6.07, 6.45) is 0.807. The number of carbonyl (C=O) groups is 1. The van der Waals surface area contributed by atoms with Gasteiger partial charge in [-0.1, -0.05) is 0 Å². The first-order chi connectivity index (χ1) is 9.60. The number of anilines is 1. The number of carbonyl (C=O) groups excluding carboxylic acids is 1. The van der Waals surface area contributed by atoms with E-state index in [9.17, 15) is 4.79 Å². The number of nitrogens with one attached hydrogen (secondary N) is 2. The smallest absolute Gasteiger partial charge is 0.251 e. The lowest BCUT2D eigenvalue weighted by atomic mass is 10.0. The fourth-order valence-corrected chi connectivity index (χ4v) is 2.37. The van der Waals surface area contributed by atoms with Gasteiger partial charge in [0, 0.05) is 45.0 Å². The molecule has 5 nitrogen and oxygen atoms in total. The number of benzene rings is 1. The highest BCUT2D eigenvalue weighted by atomic mass is 16.5. The van der Waals surface area contributed by atoms with E-state index in [2.05, 4.69) is 10.6 Å². The molecule has 1 fully saturated rings. The first-order valence-electron chi connectivity index (χ1n) is 6.80. The van der Waals surface area contributed by atoms with Crippen molar-refractivity contribution in [3.63, 3.8) is 0 Å². The zero-order chi connectivity index (χ0) is 14.6. The Balaban J connectivity index is 2.01. The largest absolute Gasteiger partial charge is 0.388 e. The summed E-state index contributed by atoms with van der Waals surface area (Å²) in [6, 6.07) is 5.69. The first kappa shape index (κ1) is 14.8. The van der Waals surface area contributed by atoms with E-state index in [1.54, 1.807) is 7.11 Å². The van der Waals surface area contributed by atoms with Gasteiger partial charge in [0.25, 0.3) is 5.91 Å². The summed E-state index contributed by atoms with van der Waals surface area (Å²) >= 11 is 0. The molecule has 1 amide bonds. The molecule has 2 rings (SSSR count). The predicted octanol–water partition coefficient (Wildman–Crippen LogP) is 1.57. The van der Waals surface area contributed by atoms with Crippen LogP contribution in [-0.2, 0) is 9.47 Å². The van der Waals surface area contributed by atoms with Crippen LogP contribution in [0.2, 0.25) is 0 Å². The van der Waals surface area contributed by atoms with Crippen molar-refractivity contribution in [1.82, 2.24) is 5.32 Å². The molecule has 0 radical (unpaired) electrons. The van der Waals surface area contributed by atoms with Gasteiger partial charge in [0.05, 0.1) is 6.61 Å². The molecule has 1 unspecified atom stereocenters. The topological polar surface area (TPSA) is 59.6 Å². The molecule has 1 aromatic carbocycles. The molecule has 0 spiro atoms. The molecule has 0 saturated carbocycles. The molecule has 0 aliphatic carbocycles. The Bertz CT molecular complexity index is 482. The van der Waals surface area contributed by atoms with Gasteiger partial charge < -0.3 is 20.1 Å². The maximum atomic E-state index is 12.3. The molecule has 2 N–H and O–H groups in total. The number of rotatable bonds is 5. The van der Waals surface area contributed by atoms with Crippen molar-refractivity contribution >= 4 is 11.6 Å². The lowest BCUT2D eigenvalue weighted by molar-refractivity contribution is -0.0148. The van der Waals surface area contributed by atoms with Gasteiger partial charge in [-0.05, 0) is 30.7 Å². The molecule has 1 aliphatic rings. The van der Waals surface area contributed by atoms with Crippen LogP contribution >= 0.6 is 0 Å². The lowest BCUT2D eigenvalue weighted by Crippen LogP contribution is -2.45. The third-order valence-electron chi connectivity index (χ3n) is 3.83. The van der Waals surface area contributed by atoms with E-state index in [0.29, 0.717) is 25.3 Å². The van der Waals surface area contributed by atoms with E-state index in [1.807, 2.05) is 32.2 Å². The number of amides is 1. The summed E-state index contributed by atoms with van der Waals surface area (Å²) in [5.74, 6) is -0.0755. The summed E-state index contributed by atoms with van der Waals surface area (Å²) in [4.78, 5) is 12.3. The second-order valence-corrected chi connectivity index (χ2v) is 5.15. The van der Waals surface area contributed by atoms with Crippen molar-refractivity contribution in [1.29, 1.82) is 0 Å². The molecular formula is C15H22N2O3. The fraction of sp³-hybridized carbons (Fsp3) is 0.533. The zero-order valence-electron chi connectivity index (χ0n) is 12.3. The SMILES string of the molecule is CNc1ccc(C(=O)NCC2(OC)CCOC2)c(C)c1. The highest BCUT2D eigenvalue weighted by molar-refractivity contribution is 5.96. The van der Waals surface area contributed by atoms with Crippen LogP contribution in [0, 0.1) is 6.92 Å². The molecule has 1 aromatic rings. The summed E-state index contributed by atoms with van der Waals surface area (Å²) in [7, 11) is 3.52. The van der Waals surface area contributed by atoms with Crippen molar-refractivity contribution < 1.29 is 14.3 Å². The van der Waals surface area contributed by atoms with E-state index in [4.69, 9.17) is 9.47 Å². The molecule has 1 saturated heterocycles. The van der Waals surface area contributed by atoms with Crippen LogP contribution in [0.1, 0.15) is 22.3 Å². The fourth-order valence-electron chi connectivity index (χ4n) is 2.37. The maximum absolute atomic E-state index is 12.3. The van der Waals surface area contributed by atoms with Crippen LogP contribution in [0.15, 0.2) is 18.2 Å². The monoisotopic (exact) mass is 278 g/mol. The van der Waals surface area contributed by atoms with Crippen LogP contribution in [0.25, 0.3) is 0 Å². The number of hydrogen-bond acceptors (Lipinski definition) is 4. The number of aryl methyl sites for hydroxylation is 1. The Labute approximate surface area is 119 Å². The molecule has 1 heterocycles. The van der Waals surface area contributed by atoms with E-state index >= 15 is 0 Å². The first-order valence-corrected chi connectivity index (χ1v) is 6.80. The second-order valence-electron chi connectivity index (χ2n) is 5.15. The number of ether oxygens (including phenoxy) is 2. The van der Waals surface area contributed by atoms with Crippen LogP contribution in [0.5, 0.6) is 0 Å². The molecular weight excluding hydrogens is 256 g/mol. The van der Waals surface area contributed by atoms with E-state index < -0.39 is 0 Å². The minimum Gasteiger partial charge on any atom is -0.388 e. The molecule has 1 aliphatic heterocycles. The lowest BCUT2D eigenvalue weighted by Gasteiger charge is -2.26. The quantitative estimate of drug-likeness (QED) is 0.858. The van der Waals surface area contributed by atoms with Crippen LogP contribution in [0.4, 0.5) is 5.69 Å². The average Bonchev–Trinajstić information content (AvgIpc) is 2.94. The van der Waals surface area contributed by atoms with Crippen LogP contribution < -0.4 is 10.6 Å². The van der Waals surface area contributed by atoms with Crippen LogP contribution in [-0.4, -0.2) is 45.4 Å². The van der Waals surface area contributed by atoms with Gasteiger partial charge in [-0.15, -0.1) is 0 Å². The Hall–Kier alpha value is -1.59. The van der Waals surface area contributed by atoms with Gasteiger partial charge >= 0.3 is 0 Å². The van der Waals surface area contributed by atoms with Crippen molar-refractivity contribution in [3.05, 3.63) is 29.3 Å². The molecule has 0 aromatic heterocycles.